The standard InChI is InChI=1S/C20H26N4O4S/c1-12-14-11-15(29-17(14)24(22-12)13-7-5-4-6-8-13)16(25)21-9-10-23-18(26)20(2,3)28-19(23)27/h11,13H,4-10H2,1-3H3,(H,21,25). The number of nitrogens with zero attached hydrogens (tertiary/aromatic N) is 3. The van der Waals surface area contributed by atoms with Crippen LogP contribution in [0.3, 0.4) is 0 Å². The summed E-state index contributed by atoms with van der Waals surface area (Å²) < 4.78 is 7.15. The largest absolute Gasteiger partial charge is 0.433 e. The number of nitrogens with one attached hydrogen (secondary N) is 1. The van der Waals surface area contributed by atoms with E-state index in [1.165, 1.54) is 30.6 Å². The van der Waals surface area contributed by atoms with Gasteiger partial charge in [0.25, 0.3) is 11.8 Å². The fourth-order valence-corrected chi connectivity index (χ4v) is 5.19. The number of rotatable bonds is 5. The Morgan fingerprint density at radius 1 is 1.31 bits per heavy atom. The molecule has 29 heavy (non-hydrogen) atoms. The number of ether oxygens (including phenoxy) is 1. The number of hydrogen-bond donors (Lipinski definition) is 1. The molecule has 2 aromatic rings. The van der Waals surface area contributed by atoms with Gasteiger partial charge in [-0.2, -0.15) is 5.10 Å². The Morgan fingerprint density at radius 2 is 2.03 bits per heavy atom. The van der Waals surface area contributed by atoms with E-state index in [-0.39, 0.29) is 24.9 Å². The van der Waals surface area contributed by atoms with Gasteiger partial charge in [-0.25, -0.2) is 9.69 Å². The Bertz CT molecular complexity index is 971. The molecule has 9 heteroatoms. The minimum Gasteiger partial charge on any atom is -0.433 e. The Labute approximate surface area is 173 Å². The summed E-state index contributed by atoms with van der Waals surface area (Å²) in [6, 6.07) is 2.29. The Balaban J connectivity index is 1.43. The highest BCUT2D eigenvalue weighted by Crippen LogP contribution is 2.35. The maximum Gasteiger partial charge on any atom is 0.417 e. The van der Waals surface area contributed by atoms with Crippen LogP contribution in [0.25, 0.3) is 10.2 Å². The first-order valence-corrected chi connectivity index (χ1v) is 10.9. The van der Waals surface area contributed by atoms with Crippen LogP contribution in [0.1, 0.15) is 67.4 Å². The Kier molecular flexibility index (Phi) is 5.10. The van der Waals surface area contributed by atoms with Gasteiger partial charge in [-0.3, -0.25) is 14.3 Å². The van der Waals surface area contributed by atoms with E-state index in [4.69, 9.17) is 9.84 Å². The van der Waals surface area contributed by atoms with E-state index in [0.717, 1.165) is 33.7 Å². The zero-order chi connectivity index (χ0) is 20.8. The van der Waals surface area contributed by atoms with Crippen LogP contribution in [-0.4, -0.2) is 51.3 Å². The van der Waals surface area contributed by atoms with E-state index in [2.05, 4.69) is 10.00 Å². The van der Waals surface area contributed by atoms with Crippen LogP contribution in [0.5, 0.6) is 0 Å². The smallest absolute Gasteiger partial charge is 0.417 e. The predicted octanol–water partition coefficient (Wildman–Crippen LogP) is 3.40. The summed E-state index contributed by atoms with van der Waals surface area (Å²) in [5.41, 5.74) is -0.205. The van der Waals surface area contributed by atoms with Crippen LogP contribution in [0.2, 0.25) is 0 Å². The number of hydrogen-bond acceptors (Lipinski definition) is 6. The summed E-state index contributed by atoms with van der Waals surface area (Å²) in [7, 11) is 0. The molecule has 0 bridgehead atoms. The van der Waals surface area contributed by atoms with Crippen molar-refractivity contribution < 1.29 is 19.1 Å². The molecule has 0 spiro atoms. The molecule has 2 aromatic heterocycles. The van der Waals surface area contributed by atoms with Crippen LogP contribution < -0.4 is 5.32 Å². The van der Waals surface area contributed by atoms with Crippen LogP contribution in [0.15, 0.2) is 6.07 Å². The zero-order valence-electron chi connectivity index (χ0n) is 17.0. The van der Waals surface area contributed by atoms with E-state index < -0.39 is 11.7 Å². The number of carbonyl (C=O) groups is 3. The molecule has 4 rings (SSSR count). The van der Waals surface area contributed by atoms with Crippen molar-refractivity contribution in [2.45, 2.75) is 64.5 Å². The molecule has 1 saturated carbocycles. The lowest BCUT2D eigenvalue weighted by Gasteiger charge is -2.22. The van der Waals surface area contributed by atoms with Crippen molar-refractivity contribution >= 4 is 39.5 Å². The van der Waals surface area contributed by atoms with Crippen LogP contribution in [-0.2, 0) is 9.53 Å². The van der Waals surface area contributed by atoms with Crippen molar-refractivity contribution in [1.82, 2.24) is 20.0 Å². The Hall–Kier alpha value is -2.42. The van der Waals surface area contributed by atoms with Gasteiger partial charge in [-0.05, 0) is 39.7 Å². The molecule has 2 fully saturated rings. The number of thiophene rings is 1. The summed E-state index contributed by atoms with van der Waals surface area (Å²) in [6.45, 7) is 5.36. The maximum absolute atomic E-state index is 12.6. The SMILES string of the molecule is Cc1nn(C2CCCCC2)c2sc(C(=O)NCCN3C(=O)OC(C)(C)C3=O)cc12. The van der Waals surface area contributed by atoms with Gasteiger partial charge in [0.15, 0.2) is 5.60 Å². The van der Waals surface area contributed by atoms with Crippen molar-refractivity contribution in [3.8, 4) is 0 Å². The minimum atomic E-state index is -1.14. The first-order chi connectivity index (χ1) is 13.8. The lowest BCUT2D eigenvalue weighted by Crippen LogP contribution is -2.40. The highest BCUT2D eigenvalue weighted by Gasteiger charge is 2.46. The number of imide groups is 1. The second-order valence-electron chi connectivity index (χ2n) is 8.24. The molecule has 1 saturated heterocycles. The molecule has 1 aliphatic carbocycles. The molecule has 0 aromatic carbocycles. The highest BCUT2D eigenvalue weighted by molar-refractivity contribution is 7.20. The molecule has 1 aliphatic heterocycles. The number of carbonyl (C=O) groups excluding carboxylic acids is 3. The molecule has 8 nitrogen and oxygen atoms in total. The van der Waals surface area contributed by atoms with Crippen molar-refractivity contribution in [1.29, 1.82) is 0 Å². The minimum absolute atomic E-state index is 0.0899. The number of aromatic nitrogens is 2. The Morgan fingerprint density at radius 3 is 2.69 bits per heavy atom. The van der Waals surface area contributed by atoms with Crippen molar-refractivity contribution in [3.63, 3.8) is 0 Å². The first kappa shape index (κ1) is 19.9. The van der Waals surface area contributed by atoms with Gasteiger partial charge in [0.1, 0.15) is 4.83 Å². The molecule has 2 aliphatic rings. The van der Waals surface area contributed by atoms with Crippen LogP contribution in [0, 0.1) is 6.92 Å². The maximum atomic E-state index is 12.6. The van der Waals surface area contributed by atoms with E-state index >= 15 is 0 Å². The van der Waals surface area contributed by atoms with Crippen LogP contribution in [0.4, 0.5) is 4.79 Å². The second kappa shape index (κ2) is 7.44. The van der Waals surface area contributed by atoms with Crippen molar-refractivity contribution in [2.75, 3.05) is 13.1 Å². The van der Waals surface area contributed by atoms with Gasteiger partial charge < -0.3 is 10.1 Å². The number of aryl methyl sites for hydroxylation is 1. The monoisotopic (exact) mass is 418 g/mol. The normalized spacial score (nSPS) is 19.8. The van der Waals surface area contributed by atoms with E-state index in [0.29, 0.717) is 10.9 Å². The highest BCUT2D eigenvalue weighted by atomic mass is 32.1. The first-order valence-electron chi connectivity index (χ1n) is 10.1. The molecule has 0 unspecified atom stereocenters. The fourth-order valence-electron chi connectivity index (χ4n) is 4.04. The van der Waals surface area contributed by atoms with Gasteiger partial charge in [0.2, 0.25) is 0 Å². The molecule has 156 valence electrons. The number of cyclic esters (lactones) is 1. The van der Waals surface area contributed by atoms with Crippen molar-refractivity contribution in [2.24, 2.45) is 0 Å². The third kappa shape index (κ3) is 3.63. The summed E-state index contributed by atoms with van der Waals surface area (Å²) >= 11 is 1.45. The summed E-state index contributed by atoms with van der Waals surface area (Å²) in [5, 5.41) is 8.54. The molecule has 0 radical (unpaired) electrons. The van der Waals surface area contributed by atoms with Crippen LogP contribution >= 0.6 is 11.3 Å². The van der Waals surface area contributed by atoms with Gasteiger partial charge in [0.05, 0.1) is 16.6 Å². The molecule has 0 atom stereocenters. The lowest BCUT2D eigenvalue weighted by atomic mass is 9.96. The van der Waals surface area contributed by atoms with Gasteiger partial charge in [0, 0.05) is 18.5 Å². The molecular formula is C20H26N4O4S. The van der Waals surface area contributed by atoms with Gasteiger partial charge >= 0.3 is 6.09 Å². The lowest BCUT2D eigenvalue weighted by molar-refractivity contribution is -0.134. The third-order valence-electron chi connectivity index (χ3n) is 5.66. The van der Waals surface area contributed by atoms with Gasteiger partial charge in [-0.1, -0.05) is 19.3 Å². The second-order valence-corrected chi connectivity index (χ2v) is 9.27. The predicted molar refractivity (Wildman–Crippen MR) is 109 cm³/mol. The van der Waals surface area contributed by atoms with E-state index in [1.807, 2.05) is 13.0 Å². The summed E-state index contributed by atoms with van der Waals surface area (Å²) in [4.78, 5) is 39.3. The molecule has 1 N–H and O–H groups in total. The summed E-state index contributed by atoms with van der Waals surface area (Å²) in [5.74, 6) is -0.595. The number of fused-ring (bicyclic) bond motifs is 1. The van der Waals surface area contributed by atoms with E-state index in [1.54, 1.807) is 13.8 Å². The fraction of sp³-hybridized carbons (Fsp3) is 0.600. The average molecular weight is 419 g/mol. The molecule has 3 amide bonds. The van der Waals surface area contributed by atoms with Crippen molar-refractivity contribution in [3.05, 3.63) is 16.6 Å². The average Bonchev–Trinajstić information content (AvgIpc) is 3.30. The third-order valence-corrected chi connectivity index (χ3v) is 6.78. The zero-order valence-corrected chi connectivity index (χ0v) is 17.8. The summed E-state index contributed by atoms with van der Waals surface area (Å²) in [6.07, 6.45) is 5.32. The van der Waals surface area contributed by atoms with Gasteiger partial charge in [-0.15, -0.1) is 11.3 Å². The quantitative estimate of drug-likeness (QED) is 0.803. The molecular weight excluding hydrogens is 392 g/mol. The van der Waals surface area contributed by atoms with E-state index in [9.17, 15) is 14.4 Å². The topological polar surface area (TPSA) is 93.5 Å². The number of amides is 3. The molecule has 3 heterocycles.